The predicted octanol–water partition coefficient (Wildman–Crippen LogP) is 1.90. The van der Waals surface area contributed by atoms with Crippen LogP contribution < -0.4 is 5.73 Å². The average Bonchev–Trinajstić information content (AvgIpc) is 2.78. The lowest BCUT2D eigenvalue weighted by molar-refractivity contribution is 0.116. The van der Waals surface area contributed by atoms with Gasteiger partial charge in [0.15, 0.2) is 5.82 Å². The molecule has 0 aliphatic rings. The van der Waals surface area contributed by atoms with E-state index in [0.29, 0.717) is 23.8 Å². The first kappa shape index (κ1) is 11.6. The fourth-order valence-corrected chi connectivity index (χ4v) is 1.42. The number of hydrogen-bond donors (Lipinski definition) is 1. The highest BCUT2D eigenvalue weighted by Crippen LogP contribution is 2.18. The van der Waals surface area contributed by atoms with Crippen LogP contribution in [0.5, 0.6) is 0 Å². The van der Waals surface area contributed by atoms with Gasteiger partial charge in [0, 0.05) is 24.8 Å². The lowest BCUT2D eigenvalue weighted by atomic mass is 10.2. The molecule has 90 valence electrons. The summed E-state index contributed by atoms with van der Waals surface area (Å²) in [4.78, 5) is 4.30. The van der Waals surface area contributed by atoms with Gasteiger partial charge in [-0.05, 0) is 31.2 Å². The third kappa shape index (κ3) is 2.82. The van der Waals surface area contributed by atoms with Gasteiger partial charge >= 0.3 is 0 Å². The number of nitrogens with zero attached hydrogens (tertiary/aromatic N) is 2. The monoisotopic (exact) mass is 233 g/mol. The summed E-state index contributed by atoms with van der Waals surface area (Å²) < 4.78 is 10.3. The van der Waals surface area contributed by atoms with Crippen molar-refractivity contribution in [2.75, 3.05) is 12.8 Å². The fraction of sp³-hybridized carbons (Fsp3) is 0.333. The predicted molar refractivity (Wildman–Crippen MR) is 64.3 cm³/mol. The van der Waals surface area contributed by atoms with Crippen molar-refractivity contribution in [2.45, 2.75) is 19.4 Å². The van der Waals surface area contributed by atoms with E-state index in [1.807, 2.05) is 19.1 Å². The third-order valence-corrected chi connectivity index (χ3v) is 2.50. The number of hydrogen-bond acceptors (Lipinski definition) is 5. The maximum Gasteiger partial charge on any atom is 0.257 e. The molecule has 0 saturated heterocycles. The number of aromatic nitrogens is 2. The van der Waals surface area contributed by atoms with Gasteiger partial charge in [0.2, 0.25) is 0 Å². The molecule has 0 bridgehead atoms. The number of nitrogen functional groups attached to an aromatic ring is 1. The van der Waals surface area contributed by atoms with E-state index >= 15 is 0 Å². The molecule has 2 N–H and O–H groups in total. The molecule has 5 heteroatoms. The molecule has 1 heterocycles. The summed E-state index contributed by atoms with van der Waals surface area (Å²) >= 11 is 0. The van der Waals surface area contributed by atoms with Gasteiger partial charge in [-0.15, -0.1) is 0 Å². The van der Waals surface area contributed by atoms with E-state index in [1.165, 1.54) is 0 Å². The minimum Gasteiger partial charge on any atom is -0.399 e. The first-order valence-electron chi connectivity index (χ1n) is 5.40. The standard InChI is InChI=1S/C12H15N3O2/c1-8(16-2)7-11-14-12(17-15-11)9-3-5-10(13)6-4-9/h3-6,8H,7,13H2,1-2H3. The zero-order chi connectivity index (χ0) is 12.3. The van der Waals surface area contributed by atoms with Gasteiger partial charge in [0.25, 0.3) is 5.89 Å². The van der Waals surface area contributed by atoms with Crippen molar-refractivity contribution in [1.29, 1.82) is 0 Å². The maximum atomic E-state index is 5.61. The summed E-state index contributed by atoms with van der Waals surface area (Å²) in [7, 11) is 1.66. The second kappa shape index (κ2) is 4.97. The average molecular weight is 233 g/mol. The molecule has 2 rings (SSSR count). The first-order valence-corrected chi connectivity index (χ1v) is 5.40. The third-order valence-electron chi connectivity index (χ3n) is 2.50. The Morgan fingerprint density at radius 1 is 1.35 bits per heavy atom. The first-order chi connectivity index (χ1) is 8.19. The molecule has 0 saturated carbocycles. The Hall–Kier alpha value is -1.88. The zero-order valence-corrected chi connectivity index (χ0v) is 9.88. The van der Waals surface area contributed by atoms with Crippen molar-refractivity contribution in [3.8, 4) is 11.5 Å². The van der Waals surface area contributed by atoms with Gasteiger partial charge in [-0.25, -0.2) is 0 Å². The summed E-state index contributed by atoms with van der Waals surface area (Å²) in [6, 6.07) is 7.31. The van der Waals surface area contributed by atoms with Crippen molar-refractivity contribution in [1.82, 2.24) is 10.1 Å². The zero-order valence-electron chi connectivity index (χ0n) is 9.88. The normalized spacial score (nSPS) is 12.6. The van der Waals surface area contributed by atoms with Crippen LogP contribution in [0.3, 0.4) is 0 Å². The molecule has 0 radical (unpaired) electrons. The van der Waals surface area contributed by atoms with Crippen LogP contribution in [0.2, 0.25) is 0 Å². The smallest absolute Gasteiger partial charge is 0.257 e. The number of methoxy groups -OCH3 is 1. The van der Waals surface area contributed by atoms with E-state index in [0.717, 1.165) is 5.56 Å². The lowest BCUT2D eigenvalue weighted by Gasteiger charge is -2.03. The van der Waals surface area contributed by atoms with Gasteiger partial charge < -0.3 is 15.0 Å². The lowest BCUT2D eigenvalue weighted by Crippen LogP contribution is -2.09. The number of rotatable bonds is 4. The van der Waals surface area contributed by atoms with Crippen molar-refractivity contribution in [3.05, 3.63) is 30.1 Å². The topological polar surface area (TPSA) is 74.2 Å². The Bertz CT molecular complexity index is 479. The number of nitrogens with two attached hydrogens (primary N) is 1. The number of benzene rings is 1. The van der Waals surface area contributed by atoms with E-state index < -0.39 is 0 Å². The van der Waals surface area contributed by atoms with Gasteiger partial charge in [0.05, 0.1) is 6.10 Å². The second-order valence-electron chi connectivity index (χ2n) is 3.89. The van der Waals surface area contributed by atoms with E-state index in [-0.39, 0.29) is 6.10 Å². The van der Waals surface area contributed by atoms with Gasteiger partial charge in [0.1, 0.15) is 0 Å². The Morgan fingerprint density at radius 3 is 2.71 bits per heavy atom. The molecule has 0 fully saturated rings. The van der Waals surface area contributed by atoms with Crippen LogP contribution in [-0.2, 0) is 11.2 Å². The minimum atomic E-state index is 0.0758. The highest BCUT2D eigenvalue weighted by molar-refractivity contribution is 5.56. The fourth-order valence-electron chi connectivity index (χ4n) is 1.42. The number of anilines is 1. The Kier molecular flexibility index (Phi) is 3.39. The highest BCUT2D eigenvalue weighted by atomic mass is 16.5. The van der Waals surface area contributed by atoms with Crippen molar-refractivity contribution >= 4 is 5.69 Å². The SMILES string of the molecule is COC(C)Cc1noc(-c2ccc(N)cc2)n1. The van der Waals surface area contributed by atoms with Gasteiger partial charge in [-0.2, -0.15) is 4.98 Å². The molecular weight excluding hydrogens is 218 g/mol. The Labute approximate surface area is 99.6 Å². The highest BCUT2D eigenvalue weighted by Gasteiger charge is 2.11. The van der Waals surface area contributed by atoms with Crippen LogP contribution in [0.25, 0.3) is 11.5 Å². The second-order valence-corrected chi connectivity index (χ2v) is 3.89. The molecule has 1 unspecified atom stereocenters. The Morgan fingerprint density at radius 2 is 2.06 bits per heavy atom. The minimum absolute atomic E-state index is 0.0758. The summed E-state index contributed by atoms with van der Waals surface area (Å²) in [6.45, 7) is 1.96. The molecule has 0 amide bonds. The quantitative estimate of drug-likeness (QED) is 0.816. The summed E-state index contributed by atoms with van der Waals surface area (Å²) in [5.41, 5.74) is 7.18. The molecule has 1 aromatic carbocycles. The van der Waals surface area contributed by atoms with Crippen LogP contribution >= 0.6 is 0 Å². The van der Waals surface area contributed by atoms with Crippen molar-refractivity contribution < 1.29 is 9.26 Å². The molecular formula is C12H15N3O2. The van der Waals surface area contributed by atoms with Crippen LogP contribution in [0.15, 0.2) is 28.8 Å². The van der Waals surface area contributed by atoms with E-state index in [1.54, 1.807) is 19.2 Å². The van der Waals surface area contributed by atoms with Crippen LogP contribution in [0.1, 0.15) is 12.7 Å². The van der Waals surface area contributed by atoms with Crippen LogP contribution in [0, 0.1) is 0 Å². The molecule has 0 aliphatic carbocycles. The Balaban J connectivity index is 2.15. The molecule has 2 aromatic rings. The van der Waals surface area contributed by atoms with Crippen LogP contribution in [-0.4, -0.2) is 23.4 Å². The van der Waals surface area contributed by atoms with Crippen molar-refractivity contribution in [2.24, 2.45) is 0 Å². The van der Waals surface area contributed by atoms with Crippen molar-refractivity contribution in [3.63, 3.8) is 0 Å². The van der Waals surface area contributed by atoms with Gasteiger partial charge in [-0.1, -0.05) is 5.16 Å². The van der Waals surface area contributed by atoms with E-state index in [2.05, 4.69) is 10.1 Å². The molecule has 5 nitrogen and oxygen atoms in total. The van der Waals surface area contributed by atoms with E-state index in [9.17, 15) is 0 Å². The van der Waals surface area contributed by atoms with E-state index in [4.69, 9.17) is 15.0 Å². The summed E-state index contributed by atoms with van der Waals surface area (Å²) in [5.74, 6) is 1.15. The summed E-state index contributed by atoms with van der Waals surface area (Å²) in [5, 5.41) is 3.91. The molecule has 1 aromatic heterocycles. The van der Waals surface area contributed by atoms with Gasteiger partial charge in [-0.3, -0.25) is 0 Å². The molecule has 0 aliphatic heterocycles. The van der Waals surface area contributed by atoms with Crippen LogP contribution in [0.4, 0.5) is 5.69 Å². The maximum absolute atomic E-state index is 5.61. The molecule has 17 heavy (non-hydrogen) atoms. The largest absolute Gasteiger partial charge is 0.399 e. The summed E-state index contributed by atoms with van der Waals surface area (Å²) in [6.07, 6.45) is 0.710. The number of ether oxygens (including phenoxy) is 1. The molecule has 1 atom stereocenters. The molecule has 0 spiro atoms.